The van der Waals surface area contributed by atoms with Crippen LogP contribution in [0.25, 0.3) is 6.08 Å². The van der Waals surface area contributed by atoms with Gasteiger partial charge in [0.1, 0.15) is 24.0 Å². The third-order valence-corrected chi connectivity index (χ3v) is 5.75. The van der Waals surface area contributed by atoms with Gasteiger partial charge in [-0.2, -0.15) is 0 Å². The smallest absolute Gasteiger partial charge is 0.232 e. The molecule has 0 bridgehead atoms. The van der Waals surface area contributed by atoms with Crippen molar-refractivity contribution in [1.82, 2.24) is 4.90 Å². The molecular formula is C25H19ClFNO3. The number of ether oxygens (including phenoxy) is 2. The van der Waals surface area contributed by atoms with E-state index in [-0.39, 0.29) is 11.5 Å². The summed E-state index contributed by atoms with van der Waals surface area (Å²) in [5.74, 6) is 0.685. The Bertz CT molecular complexity index is 1220. The van der Waals surface area contributed by atoms with Crippen LogP contribution in [0.3, 0.4) is 0 Å². The molecule has 0 fully saturated rings. The van der Waals surface area contributed by atoms with Crippen molar-refractivity contribution in [3.05, 3.63) is 99.0 Å². The van der Waals surface area contributed by atoms with Gasteiger partial charge in [0.2, 0.25) is 5.78 Å². The normalized spacial score (nSPS) is 16.6. The van der Waals surface area contributed by atoms with Crippen molar-refractivity contribution in [1.29, 1.82) is 0 Å². The SMILES string of the molecule is Cc1cc2c(c3c1C(=O)/C(=C/c1ccccc1F)O3)CN(Cc1ccc(Cl)cc1)CO2. The Morgan fingerprint density at radius 1 is 1.16 bits per heavy atom. The number of halogens is 2. The number of ketones is 1. The highest BCUT2D eigenvalue weighted by Crippen LogP contribution is 2.44. The minimum Gasteiger partial charge on any atom is -0.478 e. The molecule has 0 radical (unpaired) electrons. The van der Waals surface area contributed by atoms with Crippen molar-refractivity contribution in [2.45, 2.75) is 20.0 Å². The maximum Gasteiger partial charge on any atom is 0.232 e. The standard InChI is InChI=1S/C25H19ClFNO3/c1-15-10-21-19(13-28(14-30-21)12-16-6-8-18(26)9-7-16)25-23(15)24(29)22(31-25)11-17-4-2-3-5-20(17)27/h2-11H,12-14H2,1H3/b22-11-. The molecule has 31 heavy (non-hydrogen) atoms. The van der Waals surface area contributed by atoms with Crippen molar-refractivity contribution >= 4 is 23.5 Å². The molecule has 2 aliphatic rings. The molecule has 156 valence electrons. The molecule has 3 aromatic rings. The zero-order valence-corrected chi connectivity index (χ0v) is 17.6. The number of Topliss-reactive ketones (excluding diaryl/α,β-unsaturated/α-hetero) is 1. The Morgan fingerprint density at radius 3 is 2.71 bits per heavy atom. The molecule has 0 amide bonds. The highest BCUT2D eigenvalue weighted by Gasteiger charge is 2.35. The fraction of sp³-hybridized carbons (Fsp3) is 0.160. The molecular weight excluding hydrogens is 417 g/mol. The van der Waals surface area contributed by atoms with Gasteiger partial charge in [-0.3, -0.25) is 9.69 Å². The largest absolute Gasteiger partial charge is 0.478 e. The van der Waals surface area contributed by atoms with E-state index in [1.165, 1.54) is 12.1 Å². The second kappa shape index (κ2) is 7.84. The highest BCUT2D eigenvalue weighted by molar-refractivity contribution is 6.30. The topological polar surface area (TPSA) is 38.8 Å². The van der Waals surface area contributed by atoms with Crippen LogP contribution in [0.1, 0.15) is 32.6 Å². The van der Waals surface area contributed by atoms with Crippen LogP contribution in [-0.4, -0.2) is 17.4 Å². The highest BCUT2D eigenvalue weighted by atomic mass is 35.5. The van der Waals surface area contributed by atoms with Crippen LogP contribution in [0.2, 0.25) is 5.02 Å². The fourth-order valence-electron chi connectivity index (χ4n) is 3.96. The lowest BCUT2D eigenvalue weighted by atomic mass is 9.98. The first-order valence-electron chi connectivity index (χ1n) is 9.94. The van der Waals surface area contributed by atoms with E-state index in [1.807, 2.05) is 37.3 Å². The van der Waals surface area contributed by atoms with E-state index in [9.17, 15) is 9.18 Å². The third-order valence-electron chi connectivity index (χ3n) is 5.50. The molecule has 0 spiro atoms. The molecule has 4 nitrogen and oxygen atoms in total. The first kappa shape index (κ1) is 19.8. The Kier molecular flexibility index (Phi) is 5.00. The van der Waals surface area contributed by atoms with Crippen LogP contribution in [-0.2, 0) is 13.1 Å². The van der Waals surface area contributed by atoms with Crippen molar-refractivity contribution in [3.8, 4) is 11.5 Å². The predicted octanol–water partition coefficient (Wildman–Crippen LogP) is 5.76. The number of benzene rings is 3. The van der Waals surface area contributed by atoms with Gasteiger partial charge in [0, 0.05) is 23.7 Å². The van der Waals surface area contributed by atoms with Gasteiger partial charge in [0.25, 0.3) is 0 Å². The van der Waals surface area contributed by atoms with E-state index >= 15 is 0 Å². The summed E-state index contributed by atoms with van der Waals surface area (Å²) in [5, 5.41) is 0.693. The molecule has 3 aromatic carbocycles. The summed E-state index contributed by atoms with van der Waals surface area (Å²) in [4.78, 5) is 15.2. The van der Waals surface area contributed by atoms with Crippen molar-refractivity contribution in [2.24, 2.45) is 0 Å². The first-order chi connectivity index (χ1) is 15.0. The number of fused-ring (bicyclic) bond motifs is 3. The van der Waals surface area contributed by atoms with Crippen molar-refractivity contribution in [3.63, 3.8) is 0 Å². The molecule has 0 saturated heterocycles. The fourth-order valence-corrected chi connectivity index (χ4v) is 4.08. The average Bonchev–Trinajstić information content (AvgIpc) is 3.09. The van der Waals surface area contributed by atoms with Gasteiger partial charge in [0.15, 0.2) is 5.76 Å². The van der Waals surface area contributed by atoms with Crippen molar-refractivity contribution in [2.75, 3.05) is 6.73 Å². The van der Waals surface area contributed by atoms with E-state index in [1.54, 1.807) is 18.2 Å². The number of hydrogen-bond donors (Lipinski definition) is 0. The zero-order valence-electron chi connectivity index (χ0n) is 16.8. The maximum atomic E-state index is 14.1. The number of nitrogens with zero attached hydrogens (tertiary/aromatic N) is 1. The zero-order chi connectivity index (χ0) is 21.5. The summed E-state index contributed by atoms with van der Waals surface area (Å²) in [6, 6.07) is 15.8. The average molecular weight is 436 g/mol. The molecule has 0 unspecified atom stereocenters. The van der Waals surface area contributed by atoms with Gasteiger partial charge in [-0.25, -0.2) is 4.39 Å². The molecule has 0 saturated carbocycles. The molecule has 0 aliphatic carbocycles. The number of allylic oxidation sites excluding steroid dienone is 1. The summed E-state index contributed by atoms with van der Waals surface area (Å²) < 4.78 is 26.1. The molecule has 0 N–H and O–H groups in total. The number of aryl methyl sites for hydroxylation is 1. The van der Waals surface area contributed by atoms with Gasteiger partial charge < -0.3 is 9.47 Å². The number of carbonyl (C=O) groups is 1. The van der Waals surface area contributed by atoms with E-state index < -0.39 is 5.82 Å². The van der Waals surface area contributed by atoms with Crippen LogP contribution < -0.4 is 9.47 Å². The van der Waals surface area contributed by atoms with Gasteiger partial charge in [-0.05, 0) is 48.4 Å². The second-order valence-electron chi connectivity index (χ2n) is 7.72. The maximum absolute atomic E-state index is 14.1. The second-order valence-corrected chi connectivity index (χ2v) is 8.16. The molecule has 6 heteroatoms. The minimum atomic E-state index is -0.404. The Labute approximate surface area is 184 Å². The Morgan fingerprint density at radius 2 is 1.94 bits per heavy atom. The van der Waals surface area contributed by atoms with Crippen LogP contribution in [0.4, 0.5) is 4.39 Å². The lowest BCUT2D eigenvalue weighted by molar-refractivity contribution is 0.0872. The quantitative estimate of drug-likeness (QED) is 0.490. The summed E-state index contributed by atoms with van der Waals surface area (Å²) in [7, 11) is 0. The van der Waals surface area contributed by atoms with Crippen LogP contribution in [0.15, 0.2) is 60.4 Å². The van der Waals surface area contributed by atoms with Crippen LogP contribution in [0.5, 0.6) is 11.5 Å². The van der Waals surface area contributed by atoms with Crippen molar-refractivity contribution < 1.29 is 18.7 Å². The number of carbonyl (C=O) groups excluding carboxylic acids is 1. The van der Waals surface area contributed by atoms with Gasteiger partial charge in [0.05, 0.1) is 11.1 Å². The minimum absolute atomic E-state index is 0.117. The molecule has 5 rings (SSSR count). The van der Waals surface area contributed by atoms with Gasteiger partial charge in [-0.15, -0.1) is 0 Å². The third kappa shape index (κ3) is 3.71. The monoisotopic (exact) mass is 435 g/mol. The van der Waals surface area contributed by atoms with E-state index in [4.69, 9.17) is 21.1 Å². The predicted molar refractivity (Wildman–Crippen MR) is 117 cm³/mol. The van der Waals surface area contributed by atoms with Crippen LogP contribution in [0, 0.1) is 12.7 Å². The van der Waals surface area contributed by atoms with Crippen LogP contribution >= 0.6 is 11.6 Å². The Balaban J connectivity index is 1.47. The van der Waals surface area contributed by atoms with Gasteiger partial charge in [-0.1, -0.05) is 41.9 Å². The molecule has 2 aliphatic heterocycles. The number of rotatable bonds is 3. The van der Waals surface area contributed by atoms with E-state index in [2.05, 4.69) is 4.90 Å². The summed E-state index contributed by atoms with van der Waals surface area (Å²) in [6.45, 7) is 3.53. The Hall–Kier alpha value is -3.15. The molecule has 2 heterocycles. The lowest BCUT2D eigenvalue weighted by Gasteiger charge is -2.30. The molecule has 0 atom stereocenters. The first-order valence-corrected chi connectivity index (χ1v) is 10.3. The molecule has 0 aromatic heterocycles. The number of hydrogen-bond acceptors (Lipinski definition) is 4. The summed E-state index contributed by atoms with van der Waals surface area (Å²) >= 11 is 5.98. The van der Waals surface area contributed by atoms with E-state index in [0.717, 1.165) is 16.7 Å². The van der Waals surface area contributed by atoms with E-state index in [0.29, 0.717) is 47.5 Å². The summed E-state index contributed by atoms with van der Waals surface area (Å²) in [6.07, 6.45) is 1.46. The summed E-state index contributed by atoms with van der Waals surface area (Å²) in [5.41, 5.74) is 3.54. The lowest BCUT2D eigenvalue weighted by Crippen LogP contribution is -2.31. The van der Waals surface area contributed by atoms with Gasteiger partial charge >= 0.3 is 0 Å².